The van der Waals surface area contributed by atoms with Crippen LogP contribution in [0.1, 0.15) is 13.3 Å². The molecule has 1 saturated heterocycles. The number of hydrogen-bond donors (Lipinski definition) is 0. The molecule has 0 aromatic heterocycles. The van der Waals surface area contributed by atoms with Gasteiger partial charge in [-0.25, -0.2) is 0 Å². The zero-order valence-electron chi connectivity index (χ0n) is 7.40. The van der Waals surface area contributed by atoms with Gasteiger partial charge in [-0.15, -0.1) is 0 Å². The van der Waals surface area contributed by atoms with Crippen LogP contribution in [0.5, 0.6) is 0 Å². The highest BCUT2D eigenvalue weighted by atomic mass is 32.2. The summed E-state index contributed by atoms with van der Waals surface area (Å²) < 4.78 is 5.72. The smallest absolute Gasteiger partial charge is 0.203 e. The van der Waals surface area contributed by atoms with Crippen LogP contribution in [0.3, 0.4) is 0 Å². The van der Waals surface area contributed by atoms with E-state index < -0.39 is 0 Å². The van der Waals surface area contributed by atoms with Crippen LogP contribution in [0.15, 0.2) is 17.5 Å². The number of ether oxygens (including phenoxy) is 1. The lowest BCUT2D eigenvalue weighted by molar-refractivity contribution is 0.00356. The molecule has 3 aliphatic rings. The number of hydrogen-bond acceptors (Lipinski definition) is 4. The number of thioether (sulfide) groups is 1. The molecule has 0 amide bonds. The van der Waals surface area contributed by atoms with E-state index in [4.69, 9.17) is 9.57 Å². The lowest BCUT2D eigenvalue weighted by atomic mass is 9.87. The van der Waals surface area contributed by atoms with Crippen LogP contribution >= 0.6 is 11.8 Å². The first kappa shape index (κ1) is 7.74. The molecule has 0 aromatic carbocycles. The van der Waals surface area contributed by atoms with Gasteiger partial charge in [-0.05, 0) is 18.8 Å². The van der Waals surface area contributed by atoms with E-state index in [9.17, 15) is 0 Å². The van der Waals surface area contributed by atoms with Crippen molar-refractivity contribution in [2.75, 3.05) is 5.75 Å². The summed E-state index contributed by atoms with van der Waals surface area (Å²) in [5.74, 6) is 1.13. The van der Waals surface area contributed by atoms with Crippen LogP contribution < -0.4 is 0 Å². The van der Waals surface area contributed by atoms with Crippen molar-refractivity contribution in [3.63, 3.8) is 0 Å². The molecule has 0 bridgehead atoms. The zero-order valence-corrected chi connectivity index (χ0v) is 8.21. The maximum Gasteiger partial charge on any atom is 0.203 e. The van der Waals surface area contributed by atoms with Gasteiger partial charge >= 0.3 is 0 Å². The third-order valence-electron chi connectivity index (χ3n) is 2.98. The highest BCUT2D eigenvalue weighted by molar-refractivity contribution is 8.00. The molecule has 13 heavy (non-hydrogen) atoms. The summed E-state index contributed by atoms with van der Waals surface area (Å²) >= 11 is 1.94. The van der Waals surface area contributed by atoms with Crippen molar-refractivity contribution in [1.82, 2.24) is 0 Å². The molecule has 0 radical (unpaired) electrons. The Kier molecular flexibility index (Phi) is 1.45. The Morgan fingerprint density at radius 2 is 2.62 bits per heavy atom. The average molecular weight is 197 g/mol. The van der Waals surface area contributed by atoms with E-state index in [1.165, 1.54) is 0 Å². The predicted octanol–water partition coefficient (Wildman–Crippen LogP) is 1.55. The van der Waals surface area contributed by atoms with Gasteiger partial charge in [-0.2, -0.15) is 11.8 Å². The molecule has 0 aromatic rings. The van der Waals surface area contributed by atoms with Crippen LogP contribution in [0.25, 0.3) is 0 Å². The quantitative estimate of drug-likeness (QED) is 0.590. The SMILES string of the molecule is C[C@H]1SCCC2=NO[C@H]3C=CO[C@@]231. The summed E-state index contributed by atoms with van der Waals surface area (Å²) in [5, 5.41) is 4.54. The molecule has 0 unspecified atom stereocenters. The Bertz CT molecular complexity index is 302. The molecular formula is C9H11NO2S. The molecule has 0 N–H and O–H groups in total. The van der Waals surface area contributed by atoms with Gasteiger partial charge in [0.15, 0.2) is 6.10 Å². The first-order valence-corrected chi connectivity index (χ1v) is 5.58. The second-order valence-corrected chi connectivity index (χ2v) is 5.02. The highest BCUT2D eigenvalue weighted by Gasteiger charge is 2.58. The number of oxime groups is 1. The molecule has 3 nitrogen and oxygen atoms in total. The van der Waals surface area contributed by atoms with Gasteiger partial charge in [0.05, 0.1) is 11.5 Å². The molecule has 3 aliphatic heterocycles. The van der Waals surface area contributed by atoms with Crippen molar-refractivity contribution >= 4 is 17.5 Å². The Morgan fingerprint density at radius 1 is 1.69 bits per heavy atom. The van der Waals surface area contributed by atoms with Gasteiger partial charge in [-0.1, -0.05) is 5.16 Å². The van der Waals surface area contributed by atoms with Crippen molar-refractivity contribution in [2.45, 2.75) is 30.3 Å². The first-order valence-electron chi connectivity index (χ1n) is 4.53. The van der Waals surface area contributed by atoms with Crippen LogP contribution in [-0.2, 0) is 9.57 Å². The van der Waals surface area contributed by atoms with Gasteiger partial charge in [0.2, 0.25) is 5.60 Å². The zero-order chi connectivity index (χ0) is 8.89. The Morgan fingerprint density at radius 3 is 3.54 bits per heavy atom. The molecule has 3 atom stereocenters. The van der Waals surface area contributed by atoms with Gasteiger partial charge in [0, 0.05) is 6.42 Å². The van der Waals surface area contributed by atoms with Crippen molar-refractivity contribution < 1.29 is 9.57 Å². The van der Waals surface area contributed by atoms with Crippen LogP contribution in [0, 0.1) is 0 Å². The summed E-state index contributed by atoms with van der Waals surface area (Å²) in [6.07, 6.45) is 4.72. The van der Waals surface area contributed by atoms with Gasteiger partial charge < -0.3 is 9.57 Å². The lowest BCUT2D eigenvalue weighted by Crippen LogP contribution is -2.53. The minimum absolute atomic E-state index is 0.0188. The molecule has 1 fully saturated rings. The third kappa shape index (κ3) is 0.796. The second kappa shape index (κ2) is 2.44. The molecule has 4 heteroatoms. The summed E-state index contributed by atoms with van der Waals surface area (Å²) in [4.78, 5) is 5.35. The molecule has 3 rings (SSSR count). The molecular weight excluding hydrogens is 186 g/mol. The number of nitrogens with zero attached hydrogens (tertiary/aromatic N) is 1. The standard InChI is InChI=1S/C9H11NO2S/c1-6-9-7(3-5-13-6)10-12-8(9)2-4-11-9/h2,4,6,8H,3,5H2,1H3/t6-,8+,9+/m1/s1. The van der Waals surface area contributed by atoms with Crippen molar-refractivity contribution in [3.05, 3.63) is 12.3 Å². The molecule has 0 saturated carbocycles. The summed E-state index contributed by atoms with van der Waals surface area (Å²) in [7, 11) is 0. The highest BCUT2D eigenvalue weighted by Crippen LogP contribution is 2.45. The minimum Gasteiger partial charge on any atom is -0.483 e. The maximum absolute atomic E-state index is 5.72. The first-order chi connectivity index (χ1) is 6.34. The normalized spacial score (nSPS) is 46.1. The van der Waals surface area contributed by atoms with Crippen molar-refractivity contribution in [1.29, 1.82) is 0 Å². The molecule has 70 valence electrons. The van der Waals surface area contributed by atoms with Gasteiger partial charge in [0.1, 0.15) is 5.71 Å². The van der Waals surface area contributed by atoms with E-state index >= 15 is 0 Å². The number of rotatable bonds is 0. The maximum atomic E-state index is 5.72. The third-order valence-corrected chi connectivity index (χ3v) is 4.27. The summed E-state index contributed by atoms with van der Waals surface area (Å²) in [6, 6.07) is 0. The summed E-state index contributed by atoms with van der Waals surface area (Å²) in [5.41, 5.74) is 0.830. The van der Waals surface area contributed by atoms with Crippen molar-refractivity contribution in [3.8, 4) is 0 Å². The van der Waals surface area contributed by atoms with E-state index in [1.54, 1.807) is 6.26 Å². The monoisotopic (exact) mass is 197 g/mol. The topological polar surface area (TPSA) is 30.8 Å². The van der Waals surface area contributed by atoms with Crippen LogP contribution in [0.2, 0.25) is 0 Å². The van der Waals surface area contributed by atoms with Gasteiger partial charge in [0.25, 0.3) is 0 Å². The largest absolute Gasteiger partial charge is 0.483 e. The van der Waals surface area contributed by atoms with E-state index in [0.29, 0.717) is 5.25 Å². The Labute approximate surface area is 81.2 Å². The van der Waals surface area contributed by atoms with E-state index in [1.807, 2.05) is 17.8 Å². The fraction of sp³-hybridized carbons (Fsp3) is 0.667. The molecule has 3 heterocycles. The van der Waals surface area contributed by atoms with Gasteiger partial charge in [-0.3, -0.25) is 0 Å². The van der Waals surface area contributed by atoms with Crippen LogP contribution in [-0.4, -0.2) is 28.4 Å². The molecule has 0 aliphatic carbocycles. The molecule has 1 spiro atoms. The second-order valence-electron chi connectivity index (χ2n) is 3.57. The van der Waals surface area contributed by atoms with Crippen LogP contribution in [0.4, 0.5) is 0 Å². The van der Waals surface area contributed by atoms with E-state index in [2.05, 4.69) is 12.1 Å². The lowest BCUT2D eigenvalue weighted by Gasteiger charge is -2.36. The van der Waals surface area contributed by atoms with E-state index in [0.717, 1.165) is 17.9 Å². The summed E-state index contributed by atoms with van der Waals surface area (Å²) in [6.45, 7) is 2.19. The minimum atomic E-state index is -0.261. The van der Waals surface area contributed by atoms with Crippen molar-refractivity contribution in [2.24, 2.45) is 5.16 Å². The van der Waals surface area contributed by atoms with E-state index in [-0.39, 0.29) is 11.7 Å². The predicted molar refractivity (Wildman–Crippen MR) is 51.8 cm³/mol. The fourth-order valence-corrected chi connectivity index (χ4v) is 3.47. The Hall–Kier alpha value is -0.640. The average Bonchev–Trinajstić information content (AvgIpc) is 2.63. The fourth-order valence-electron chi connectivity index (χ4n) is 2.23. The Balaban J connectivity index is 2.04.